The topological polar surface area (TPSA) is 65.4 Å². The van der Waals surface area contributed by atoms with Gasteiger partial charge in [0.1, 0.15) is 12.3 Å². The fourth-order valence-corrected chi connectivity index (χ4v) is 3.07. The summed E-state index contributed by atoms with van der Waals surface area (Å²) in [5.41, 5.74) is 1.73. The van der Waals surface area contributed by atoms with Gasteiger partial charge in [0.2, 0.25) is 0 Å². The minimum absolute atomic E-state index is 0.0463. The molecule has 31 heavy (non-hydrogen) atoms. The quantitative estimate of drug-likeness (QED) is 0.354. The fraction of sp³-hybridized carbons (Fsp3) is 0.200. The van der Waals surface area contributed by atoms with Crippen LogP contribution in [0, 0.1) is 0 Å². The van der Waals surface area contributed by atoms with E-state index in [2.05, 4.69) is 15.2 Å². The van der Waals surface area contributed by atoms with Gasteiger partial charge in [0, 0.05) is 10.6 Å². The van der Waals surface area contributed by atoms with Crippen molar-refractivity contribution in [3.63, 3.8) is 0 Å². The van der Waals surface area contributed by atoms with Gasteiger partial charge in [-0.15, -0.1) is 0 Å². The van der Waals surface area contributed by atoms with Crippen LogP contribution in [-0.4, -0.2) is 41.8 Å². The number of halogens is 5. The first-order chi connectivity index (χ1) is 14.8. The number of hydrogen-bond acceptors (Lipinski definition) is 5. The van der Waals surface area contributed by atoms with Crippen LogP contribution in [0.15, 0.2) is 54.7 Å². The summed E-state index contributed by atoms with van der Waals surface area (Å²) in [6.07, 6.45) is -4.40. The van der Waals surface area contributed by atoms with Crippen LogP contribution < -0.4 is 10.1 Å². The van der Waals surface area contributed by atoms with Crippen molar-refractivity contribution in [3.8, 4) is 22.7 Å². The third-order valence-electron chi connectivity index (χ3n) is 4.07. The van der Waals surface area contributed by atoms with Gasteiger partial charge < -0.3 is 9.47 Å². The van der Waals surface area contributed by atoms with Gasteiger partial charge in [0.15, 0.2) is 12.0 Å². The van der Waals surface area contributed by atoms with Gasteiger partial charge in [0.05, 0.1) is 23.5 Å². The number of aromatic nitrogens is 2. The van der Waals surface area contributed by atoms with Crippen molar-refractivity contribution in [1.82, 2.24) is 15.1 Å². The van der Waals surface area contributed by atoms with Crippen molar-refractivity contribution in [2.75, 3.05) is 13.2 Å². The maximum atomic E-state index is 12.5. The zero-order chi connectivity index (χ0) is 22.4. The highest BCUT2D eigenvalue weighted by molar-refractivity contribution is 6.32. The standard InChI is InChI=1S/C20H16Cl2F3N3O3/c21-14-7-5-13(6-8-14)19-17(9-27-28(19)16-4-2-1-3-15(16)22)30-10-18(31-12-29)26-11-20(23,24)25/h1-9,12,18,26H,10-11H2. The smallest absolute Gasteiger partial charge is 0.401 e. The van der Waals surface area contributed by atoms with Crippen LogP contribution in [0.25, 0.3) is 16.9 Å². The number of benzene rings is 2. The molecule has 1 unspecified atom stereocenters. The third kappa shape index (κ3) is 6.13. The fourth-order valence-electron chi connectivity index (χ4n) is 2.73. The molecule has 1 aromatic heterocycles. The molecule has 3 aromatic rings. The van der Waals surface area contributed by atoms with E-state index in [0.29, 0.717) is 27.0 Å². The summed E-state index contributed by atoms with van der Waals surface area (Å²) in [5, 5.41) is 7.35. The minimum Gasteiger partial charge on any atom is -0.484 e. The molecule has 0 aliphatic heterocycles. The highest BCUT2D eigenvalue weighted by atomic mass is 35.5. The van der Waals surface area contributed by atoms with E-state index in [9.17, 15) is 18.0 Å². The largest absolute Gasteiger partial charge is 0.484 e. The van der Waals surface area contributed by atoms with Crippen LogP contribution in [0.3, 0.4) is 0 Å². The maximum absolute atomic E-state index is 12.5. The molecular weight excluding hydrogens is 458 g/mol. The van der Waals surface area contributed by atoms with E-state index in [0.717, 1.165) is 0 Å². The Morgan fingerprint density at radius 1 is 1.13 bits per heavy atom. The van der Waals surface area contributed by atoms with Crippen molar-refractivity contribution >= 4 is 29.7 Å². The molecule has 1 atom stereocenters. The molecule has 0 aliphatic carbocycles. The van der Waals surface area contributed by atoms with Crippen molar-refractivity contribution in [2.45, 2.75) is 12.4 Å². The lowest BCUT2D eigenvalue weighted by atomic mass is 10.1. The molecule has 0 bridgehead atoms. The van der Waals surface area contributed by atoms with Crippen molar-refractivity contribution in [2.24, 2.45) is 0 Å². The summed E-state index contributed by atoms with van der Waals surface area (Å²) in [4.78, 5) is 10.7. The first kappa shape index (κ1) is 22.9. The van der Waals surface area contributed by atoms with E-state index in [-0.39, 0.29) is 18.8 Å². The zero-order valence-electron chi connectivity index (χ0n) is 15.8. The van der Waals surface area contributed by atoms with E-state index >= 15 is 0 Å². The Bertz CT molecular complexity index is 1030. The SMILES string of the molecule is O=COC(COc1cnn(-c2ccccc2Cl)c1-c1ccc(Cl)cc1)NCC(F)(F)F. The highest BCUT2D eigenvalue weighted by Gasteiger charge is 2.29. The second-order valence-electron chi connectivity index (χ2n) is 6.26. The molecule has 0 spiro atoms. The lowest BCUT2D eigenvalue weighted by molar-refractivity contribution is -0.147. The summed E-state index contributed by atoms with van der Waals surface area (Å²) >= 11 is 12.3. The van der Waals surface area contributed by atoms with Crippen molar-refractivity contribution in [1.29, 1.82) is 0 Å². The van der Waals surface area contributed by atoms with Crippen LogP contribution >= 0.6 is 23.2 Å². The molecule has 164 valence electrons. The van der Waals surface area contributed by atoms with Gasteiger partial charge in [-0.3, -0.25) is 10.1 Å². The minimum atomic E-state index is -4.48. The Kier molecular flexibility index (Phi) is 7.42. The number of ether oxygens (including phenoxy) is 2. The number of nitrogens with zero attached hydrogens (tertiary/aromatic N) is 2. The zero-order valence-corrected chi connectivity index (χ0v) is 17.3. The van der Waals surface area contributed by atoms with E-state index < -0.39 is 18.9 Å². The Hall–Kier alpha value is -2.75. The number of rotatable bonds is 9. The van der Waals surface area contributed by atoms with E-state index in [4.69, 9.17) is 27.9 Å². The van der Waals surface area contributed by atoms with Crippen LogP contribution in [0.5, 0.6) is 5.75 Å². The second kappa shape index (κ2) is 10.0. The molecule has 0 radical (unpaired) electrons. The molecule has 2 aromatic carbocycles. The summed E-state index contributed by atoms with van der Waals surface area (Å²) in [6, 6.07) is 13.8. The van der Waals surface area contributed by atoms with Gasteiger partial charge in [-0.25, -0.2) is 4.68 Å². The van der Waals surface area contributed by atoms with Gasteiger partial charge >= 0.3 is 6.18 Å². The Morgan fingerprint density at radius 3 is 2.48 bits per heavy atom. The molecule has 0 aliphatic rings. The Balaban J connectivity index is 1.92. The lowest BCUT2D eigenvalue weighted by Gasteiger charge is -2.19. The number of carbonyl (C=O) groups excluding carboxylic acids is 1. The molecule has 0 saturated carbocycles. The van der Waals surface area contributed by atoms with Crippen molar-refractivity contribution < 1.29 is 27.4 Å². The molecule has 0 amide bonds. The van der Waals surface area contributed by atoms with Gasteiger partial charge in [-0.2, -0.15) is 18.3 Å². The van der Waals surface area contributed by atoms with Crippen LogP contribution in [0.2, 0.25) is 10.0 Å². The van der Waals surface area contributed by atoms with Gasteiger partial charge in [-0.1, -0.05) is 47.5 Å². The number of alkyl halides is 3. The highest BCUT2D eigenvalue weighted by Crippen LogP contribution is 2.34. The Labute approximate surface area is 185 Å². The predicted octanol–water partition coefficient (Wildman–Crippen LogP) is 4.88. The molecule has 1 heterocycles. The predicted molar refractivity (Wildman–Crippen MR) is 110 cm³/mol. The summed E-state index contributed by atoms with van der Waals surface area (Å²) < 4.78 is 49.3. The Morgan fingerprint density at radius 2 is 1.84 bits per heavy atom. The van der Waals surface area contributed by atoms with Gasteiger partial charge in [0.25, 0.3) is 6.47 Å². The lowest BCUT2D eigenvalue weighted by Crippen LogP contribution is -2.42. The maximum Gasteiger partial charge on any atom is 0.401 e. The summed E-state index contributed by atoms with van der Waals surface area (Å²) in [7, 11) is 0. The molecule has 6 nitrogen and oxygen atoms in total. The van der Waals surface area contributed by atoms with Crippen LogP contribution in [0.4, 0.5) is 13.2 Å². The number of nitrogens with one attached hydrogen (secondary N) is 1. The molecule has 0 fully saturated rings. The van der Waals surface area contributed by atoms with Crippen LogP contribution in [0.1, 0.15) is 0 Å². The first-order valence-electron chi connectivity index (χ1n) is 8.89. The third-order valence-corrected chi connectivity index (χ3v) is 4.65. The average Bonchev–Trinajstić information content (AvgIpc) is 3.14. The van der Waals surface area contributed by atoms with E-state index in [1.165, 1.54) is 6.20 Å². The summed E-state index contributed by atoms with van der Waals surface area (Å²) in [6.45, 7) is -1.69. The monoisotopic (exact) mass is 473 g/mol. The van der Waals surface area contributed by atoms with E-state index in [1.54, 1.807) is 53.2 Å². The number of hydrogen-bond donors (Lipinski definition) is 1. The normalized spacial score (nSPS) is 12.4. The second-order valence-corrected chi connectivity index (χ2v) is 7.10. The first-order valence-corrected chi connectivity index (χ1v) is 9.65. The summed E-state index contributed by atoms with van der Waals surface area (Å²) in [5.74, 6) is 0.246. The van der Waals surface area contributed by atoms with Gasteiger partial charge in [-0.05, 0) is 24.3 Å². The number of para-hydroxylation sites is 1. The molecule has 3 rings (SSSR count). The molecule has 0 saturated heterocycles. The molecule has 11 heteroatoms. The van der Waals surface area contributed by atoms with Crippen LogP contribution in [-0.2, 0) is 9.53 Å². The molecular formula is C20H16Cl2F3N3O3. The molecule has 1 N–H and O–H groups in total. The number of carbonyl (C=O) groups is 1. The van der Waals surface area contributed by atoms with Crippen molar-refractivity contribution in [3.05, 3.63) is 64.8 Å². The average molecular weight is 474 g/mol. The van der Waals surface area contributed by atoms with E-state index in [1.807, 2.05) is 0 Å².